The van der Waals surface area contributed by atoms with Gasteiger partial charge in [-0.2, -0.15) is 0 Å². The van der Waals surface area contributed by atoms with Crippen LogP contribution in [0.5, 0.6) is 0 Å². The molecule has 0 unspecified atom stereocenters. The largest absolute Gasteiger partial charge is 0.462 e. The van der Waals surface area contributed by atoms with Crippen molar-refractivity contribution >= 4 is 40.6 Å². The van der Waals surface area contributed by atoms with E-state index in [-0.39, 0.29) is 24.5 Å². The van der Waals surface area contributed by atoms with Crippen LogP contribution in [0.3, 0.4) is 0 Å². The van der Waals surface area contributed by atoms with Crippen LogP contribution in [-0.4, -0.2) is 52.7 Å². The molecule has 0 aliphatic carbocycles. The zero-order valence-corrected chi connectivity index (χ0v) is 19.5. The van der Waals surface area contributed by atoms with Crippen molar-refractivity contribution < 1.29 is 19.1 Å². The summed E-state index contributed by atoms with van der Waals surface area (Å²) in [6, 6.07) is 15.7. The van der Waals surface area contributed by atoms with E-state index in [9.17, 15) is 14.4 Å². The van der Waals surface area contributed by atoms with Gasteiger partial charge >= 0.3 is 12.0 Å². The van der Waals surface area contributed by atoms with E-state index in [1.807, 2.05) is 30.3 Å². The van der Waals surface area contributed by atoms with Crippen LogP contribution in [-0.2, 0) is 4.74 Å². The third kappa shape index (κ3) is 5.57. The summed E-state index contributed by atoms with van der Waals surface area (Å²) in [7, 11) is 0. The van der Waals surface area contributed by atoms with Crippen LogP contribution in [0.2, 0.25) is 0 Å². The Hall–Kier alpha value is -3.79. The van der Waals surface area contributed by atoms with E-state index in [1.165, 1.54) is 11.3 Å². The molecule has 1 fully saturated rings. The number of likely N-dealkylation sites (tertiary alicyclic amines) is 1. The summed E-state index contributed by atoms with van der Waals surface area (Å²) in [5, 5.41) is 15.0. The molecule has 1 aromatic heterocycles. The van der Waals surface area contributed by atoms with Crippen LogP contribution in [0.15, 0.2) is 54.6 Å². The van der Waals surface area contributed by atoms with Crippen LogP contribution in [0, 0.1) is 0 Å². The van der Waals surface area contributed by atoms with E-state index in [2.05, 4.69) is 20.8 Å². The Morgan fingerprint density at radius 3 is 2.44 bits per heavy atom. The van der Waals surface area contributed by atoms with E-state index in [0.29, 0.717) is 47.9 Å². The number of nitrogens with one attached hydrogen (secondary N) is 2. The van der Waals surface area contributed by atoms with Crippen molar-refractivity contribution in [1.82, 2.24) is 15.1 Å². The number of hydrogen-bond donors (Lipinski definition) is 2. The van der Waals surface area contributed by atoms with Gasteiger partial charge in [0.1, 0.15) is 5.01 Å². The number of para-hydroxylation sites is 2. The van der Waals surface area contributed by atoms with Crippen molar-refractivity contribution in [2.45, 2.75) is 25.7 Å². The first-order valence-corrected chi connectivity index (χ1v) is 11.9. The van der Waals surface area contributed by atoms with Gasteiger partial charge in [0.15, 0.2) is 0 Å². The zero-order chi connectivity index (χ0) is 23.9. The van der Waals surface area contributed by atoms with Crippen LogP contribution >= 0.6 is 11.3 Å². The Morgan fingerprint density at radius 1 is 1.00 bits per heavy atom. The highest BCUT2D eigenvalue weighted by molar-refractivity contribution is 7.13. The number of aromatic nitrogens is 2. The van der Waals surface area contributed by atoms with Crippen molar-refractivity contribution in [2.75, 3.05) is 30.3 Å². The number of esters is 1. The lowest BCUT2D eigenvalue weighted by Gasteiger charge is -2.31. The molecule has 2 heterocycles. The molecule has 1 aliphatic rings. The maximum Gasteiger partial charge on any atom is 0.340 e. The average Bonchev–Trinajstić information content (AvgIpc) is 3.36. The highest BCUT2D eigenvalue weighted by Crippen LogP contribution is 2.31. The summed E-state index contributed by atoms with van der Waals surface area (Å²) in [5.74, 6) is -0.626. The van der Waals surface area contributed by atoms with Crippen LogP contribution in [0.25, 0.3) is 0 Å². The number of carbonyl (C=O) groups is 3. The van der Waals surface area contributed by atoms with E-state index in [4.69, 9.17) is 4.74 Å². The number of nitrogens with zero attached hydrogens (tertiary/aromatic N) is 3. The molecule has 0 saturated carbocycles. The van der Waals surface area contributed by atoms with Crippen LogP contribution in [0.1, 0.15) is 50.9 Å². The molecule has 0 atom stereocenters. The maximum atomic E-state index is 12.8. The lowest BCUT2D eigenvalue weighted by atomic mass is 9.98. The summed E-state index contributed by atoms with van der Waals surface area (Å²) in [5.41, 5.74) is 1.45. The molecule has 176 valence electrons. The van der Waals surface area contributed by atoms with Gasteiger partial charge in [-0.05, 0) is 44.0 Å². The fourth-order valence-electron chi connectivity index (χ4n) is 3.70. The minimum absolute atomic E-state index is 0.131. The standard InChI is InChI=1S/C24H25N5O4S/c1-2-33-23(31)18-10-6-7-11-19(18)26-24(32)29-14-12-16(13-15-29)21-27-28-22(34-21)20(30)25-17-8-4-3-5-9-17/h3-11,16H,2,12-15H2,1H3,(H,25,30)(H,26,32). The number of ether oxygens (including phenoxy) is 1. The number of benzene rings is 2. The van der Waals surface area contributed by atoms with E-state index < -0.39 is 5.97 Å². The third-order valence-corrected chi connectivity index (χ3v) is 6.55. The quantitative estimate of drug-likeness (QED) is 0.507. The van der Waals surface area contributed by atoms with Gasteiger partial charge in [-0.1, -0.05) is 41.7 Å². The Morgan fingerprint density at radius 2 is 1.71 bits per heavy atom. The van der Waals surface area contributed by atoms with Gasteiger partial charge < -0.3 is 20.3 Å². The lowest BCUT2D eigenvalue weighted by Crippen LogP contribution is -2.40. The Balaban J connectivity index is 1.32. The van der Waals surface area contributed by atoms with Gasteiger partial charge in [0, 0.05) is 24.7 Å². The van der Waals surface area contributed by atoms with Gasteiger partial charge in [-0.3, -0.25) is 4.79 Å². The molecule has 0 bridgehead atoms. The summed E-state index contributed by atoms with van der Waals surface area (Å²) in [6.07, 6.45) is 1.42. The number of rotatable bonds is 6. The van der Waals surface area contributed by atoms with Gasteiger partial charge in [0.05, 0.1) is 17.9 Å². The number of urea groups is 1. The van der Waals surface area contributed by atoms with Gasteiger partial charge in [-0.15, -0.1) is 10.2 Å². The molecule has 34 heavy (non-hydrogen) atoms. The molecule has 0 spiro atoms. The fraction of sp³-hybridized carbons (Fsp3) is 0.292. The van der Waals surface area contributed by atoms with Crippen molar-refractivity contribution in [3.63, 3.8) is 0 Å². The highest BCUT2D eigenvalue weighted by Gasteiger charge is 2.28. The molecule has 3 aromatic rings. The second-order valence-corrected chi connectivity index (χ2v) is 8.73. The van der Waals surface area contributed by atoms with Gasteiger partial charge in [-0.25, -0.2) is 9.59 Å². The Kier molecular flexibility index (Phi) is 7.48. The number of anilines is 2. The molecule has 10 heteroatoms. The molecule has 2 N–H and O–H groups in total. The monoisotopic (exact) mass is 479 g/mol. The smallest absolute Gasteiger partial charge is 0.340 e. The predicted molar refractivity (Wildman–Crippen MR) is 129 cm³/mol. The van der Waals surface area contributed by atoms with Crippen LogP contribution < -0.4 is 10.6 Å². The zero-order valence-electron chi connectivity index (χ0n) is 18.7. The van der Waals surface area contributed by atoms with E-state index in [0.717, 1.165) is 5.01 Å². The molecule has 1 aliphatic heterocycles. The molecule has 3 amide bonds. The van der Waals surface area contributed by atoms with Crippen molar-refractivity contribution in [3.8, 4) is 0 Å². The normalized spacial score (nSPS) is 13.9. The summed E-state index contributed by atoms with van der Waals surface area (Å²) in [4.78, 5) is 39.1. The second kappa shape index (κ2) is 10.9. The third-order valence-electron chi connectivity index (χ3n) is 5.46. The number of hydrogen-bond acceptors (Lipinski definition) is 7. The van der Waals surface area contributed by atoms with Gasteiger partial charge in [0.25, 0.3) is 5.91 Å². The minimum atomic E-state index is -0.472. The topological polar surface area (TPSA) is 114 Å². The molecule has 1 saturated heterocycles. The molecule has 4 rings (SSSR count). The SMILES string of the molecule is CCOC(=O)c1ccccc1NC(=O)N1CCC(c2nnc(C(=O)Nc3ccccc3)s2)CC1. The van der Waals surface area contributed by atoms with E-state index in [1.54, 1.807) is 36.1 Å². The van der Waals surface area contributed by atoms with Crippen LogP contribution in [0.4, 0.5) is 16.2 Å². The molecule has 2 aromatic carbocycles. The fourth-order valence-corrected chi connectivity index (χ4v) is 4.61. The second-order valence-electron chi connectivity index (χ2n) is 7.72. The summed E-state index contributed by atoms with van der Waals surface area (Å²) >= 11 is 1.28. The highest BCUT2D eigenvalue weighted by atomic mass is 32.1. The molecular weight excluding hydrogens is 454 g/mol. The van der Waals surface area contributed by atoms with Gasteiger partial charge in [0.2, 0.25) is 5.01 Å². The number of carbonyl (C=O) groups excluding carboxylic acids is 3. The maximum absolute atomic E-state index is 12.8. The predicted octanol–water partition coefficient (Wildman–Crippen LogP) is 4.38. The van der Waals surface area contributed by atoms with Crippen molar-refractivity contribution in [1.29, 1.82) is 0 Å². The van der Waals surface area contributed by atoms with E-state index >= 15 is 0 Å². The molecular formula is C24H25N5O4S. The Labute approximate surface area is 201 Å². The van der Waals surface area contributed by atoms with Crippen molar-refractivity contribution in [2.24, 2.45) is 0 Å². The number of piperidine rings is 1. The average molecular weight is 480 g/mol. The molecule has 9 nitrogen and oxygen atoms in total. The first-order valence-electron chi connectivity index (χ1n) is 11.1. The summed E-state index contributed by atoms with van der Waals surface area (Å²) < 4.78 is 5.07. The first kappa shape index (κ1) is 23.4. The minimum Gasteiger partial charge on any atom is -0.462 e. The lowest BCUT2D eigenvalue weighted by molar-refractivity contribution is 0.0527. The number of amides is 3. The molecule has 0 radical (unpaired) electrons. The first-order chi connectivity index (χ1) is 16.5. The Bertz CT molecular complexity index is 1160. The summed E-state index contributed by atoms with van der Waals surface area (Å²) in [6.45, 7) is 3.06. The van der Waals surface area contributed by atoms with Crippen molar-refractivity contribution in [3.05, 3.63) is 70.2 Å².